The normalized spacial score (nSPS) is 22.3. The van der Waals surface area contributed by atoms with Crippen molar-refractivity contribution in [2.24, 2.45) is 5.73 Å². The predicted molar refractivity (Wildman–Crippen MR) is 82.9 cm³/mol. The van der Waals surface area contributed by atoms with E-state index in [9.17, 15) is 8.78 Å². The molecule has 2 atom stereocenters. The number of hydrogen-bond donors (Lipinski definition) is 1. The number of nitrogens with two attached hydrogens (primary N) is 1. The summed E-state index contributed by atoms with van der Waals surface area (Å²) in [5.74, 6) is 0.346. The quantitative estimate of drug-likeness (QED) is 0.831. The average Bonchev–Trinajstić information content (AvgIpc) is 2.55. The van der Waals surface area contributed by atoms with E-state index in [1.54, 1.807) is 19.2 Å². The van der Waals surface area contributed by atoms with Gasteiger partial charge in [-0.05, 0) is 30.5 Å². The number of nitrogens with zero attached hydrogens (tertiary/aromatic N) is 1. The Kier molecular flexibility index (Phi) is 6.56. The van der Waals surface area contributed by atoms with Gasteiger partial charge in [0.1, 0.15) is 0 Å². The number of ether oxygens (including phenoxy) is 3. The first kappa shape index (κ1) is 17.9. The summed E-state index contributed by atoms with van der Waals surface area (Å²) in [6.45, 7) is -0.858. The van der Waals surface area contributed by atoms with Crippen LogP contribution in [0.15, 0.2) is 18.2 Å². The van der Waals surface area contributed by atoms with E-state index in [0.29, 0.717) is 18.8 Å². The summed E-state index contributed by atoms with van der Waals surface area (Å²) in [6.07, 6.45) is 2.04. The Morgan fingerprint density at radius 1 is 1.30 bits per heavy atom. The molecular weight excluding hydrogens is 306 g/mol. The molecule has 2 unspecified atom stereocenters. The molecule has 0 amide bonds. The second-order valence-electron chi connectivity index (χ2n) is 5.61. The van der Waals surface area contributed by atoms with Gasteiger partial charge in [-0.3, -0.25) is 4.90 Å². The average molecular weight is 330 g/mol. The number of benzene rings is 1. The molecule has 2 N–H and O–H groups in total. The highest BCUT2D eigenvalue weighted by atomic mass is 19.3. The van der Waals surface area contributed by atoms with Gasteiger partial charge >= 0.3 is 6.61 Å². The lowest BCUT2D eigenvalue weighted by molar-refractivity contribution is -0.0513. The Morgan fingerprint density at radius 2 is 2.09 bits per heavy atom. The number of rotatable bonds is 7. The van der Waals surface area contributed by atoms with E-state index in [1.807, 2.05) is 6.07 Å². The van der Waals surface area contributed by atoms with E-state index in [0.717, 1.165) is 24.9 Å². The zero-order valence-corrected chi connectivity index (χ0v) is 13.5. The van der Waals surface area contributed by atoms with Gasteiger partial charge in [0.05, 0.1) is 13.2 Å². The van der Waals surface area contributed by atoms with Crippen molar-refractivity contribution in [3.8, 4) is 11.5 Å². The molecule has 1 fully saturated rings. The van der Waals surface area contributed by atoms with Crippen LogP contribution in [0.4, 0.5) is 8.78 Å². The minimum Gasteiger partial charge on any atom is -0.493 e. The summed E-state index contributed by atoms with van der Waals surface area (Å²) in [5.41, 5.74) is 6.75. The van der Waals surface area contributed by atoms with E-state index in [1.165, 1.54) is 7.11 Å². The standard InChI is InChI=1S/C16H24F2N2O3/c1-21-13-5-6-20(12(8-13)9-19)10-11-3-4-14(22-2)15(7-11)23-16(17)18/h3-4,7,12-13,16H,5-6,8-10,19H2,1-2H3. The Hall–Kier alpha value is -1.44. The lowest BCUT2D eigenvalue weighted by Gasteiger charge is -2.38. The molecule has 1 aliphatic rings. The summed E-state index contributed by atoms with van der Waals surface area (Å²) in [6, 6.07) is 5.32. The molecule has 0 radical (unpaired) electrons. The molecule has 0 aliphatic carbocycles. The Morgan fingerprint density at radius 3 is 2.70 bits per heavy atom. The number of alkyl halides is 2. The largest absolute Gasteiger partial charge is 0.493 e. The van der Waals surface area contributed by atoms with Crippen LogP contribution in [0.2, 0.25) is 0 Å². The summed E-state index contributed by atoms with van der Waals surface area (Å²) in [4.78, 5) is 2.25. The highest BCUT2D eigenvalue weighted by Gasteiger charge is 2.27. The molecule has 130 valence electrons. The minimum absolute atomic E-state index is 0.0519. The summed E-state index contributed by atoms with van der Waals surface area (Å²) in [5, 5.41) is 0. The Balaban J connectivity index is 2.09. The smallest absolute Gasteiger partial charge is 0.387 e. The second kappa shape index (κ2) is 8.42. The van der Waals surface area contributed by atoms with Gasteiger partial charge in [0.15, 0.2) is 11.5 Å². The van der Waals surface area contributed by atoms with Crippen molar-refractivity contribution < 1.29 is 23.0 Å². The third-order valence-electron chi connectivity index (χ3n) is 4.22. The van der Waals surface area contributed by atoms with Crippen LogP contribution < -0.4 is 15.2 Å². The molecule has 0 spiro atoms. The van der Waals surface area contributed by atoms with Crippen LogP contribution in [0.1, 0.15) is 18.4 Å². The van der Waals surface area contributed by atoms with Crippen molar-refractivity contribution in [2.45, 2.75) is 38.1 Å². The van der Waals surface area contributed by atoms with Crippen molar-refractivity contribution in [1.29, 1.82) is 0 Å². The maximum atomic E-state index is 12.5. The molecule has 1 heterocycles. The molecule has 2 rings (SSSR count). The molecule has 5 nitrogen and oxygen atoms in total. The van der Waals surface area contributed by atoms with Gasteiger partial charge < -0.3 is 19.9 Å². The molecule has 0 aromatic heterocycles. The van der Waals surface area contributed by atoms with Crippen LogP contribution in [0.25, 0.3) is 0 Å². The van der Waals surface area contributed by atoms with Gasteiger partial charge in [0.25, 0.3) is 0 Å². The van der Waals surface area contributed by atoms with Gasteiger partial charge in [-0.2, -0.15) is 8.78 Å². The number of halogens is 2. The van der Waals surface area contributed by atoms with E-state index in [2.05, 4.69) is 9.64 Å². The first-order valence-electron chi connectivity index (χ1n) is 7.66. The molecule has 23 heavy (non-hydrogen) atoms. The third kappa shape index (κ3) is 4.76. The third-order valence-corrected chi connectivity index (χ3v) is 4.22. The zero-order valence-electron chi connectivity index (χ0n) is 13.5. The van der Waals surface area contributed by atoms with Crippen LogP contribution in [0.3, 0.4) is 0 Å². The number of hydrogen-bond acceptors (Lipinski definition) is 5. The zero-order chi connectivity index (χ0) is 16.8. The Bertz CT molecular complexity index is 502. The van der Waals surface area contributed by atoms with Crippen molar-refractivity contribution >= 4 is 0 Å². The van der Waals surface area contributed by atoms with Crippen LogP contribution in [-0.4, -0.2) is 51.0 Å². The molecule has 1 aromatic rings. The predicted octanol–water partition coefficient (Wildman–Crippen LogP) is 2.23. The van der Waals surface area contributed by atoms with Gasteiger partial charge in [0.2, 0.25) is 0 Å². The molecule has 1 aromatic carbocycles. The summed E-state index contributed by atoms with van der Waals surface area (Å²) < 4.78 is 40.0. The number of likely N-dealkylation sites (tertiary alicyclic amines) is 1. The molecule has 0 saturated carbocycles. The summed E-state index contributed by atoms with van der Waals surface area (Å²) in [7, 11) is 3.14. The van der Waals surface area contributed by atoms with Crippen LogP contribution in [0, 0.1) is 0 Å². The monoisotopic (exact) mass is 330 g/mol. The first-order chi connectivity index (χ1) is 11.1. The molecule has 7 heteroatoms. The van der Waals surface area contributed by atoms with E-state index in [4.69, 9.17) is 15.2 Å². The topological polar surface area (TPSA) is 57.0 Å². The maximum Gasteiger partial charge on any atom is 0.387 e. The van der Waals surface area contributed by atoms with E-state index in [-0.39, 0.29) is 17.9 Å². The minimum atomic E-state index is -2.88. The van der Waals surface area contributed by atoms with Gasteiger partial charge in [-0.1, -0.05) is 6.07 Å². The van der Waals surface area contributed by atoms with Crippen LogP contribution in [-0.2, 0) is 11.3 Å². The lowest BCUT2D eigenvalue weighted by atomic mass is 9.98. The fourth-order valence-corrected chi connectivity index (χ4v) is 2.97. The fraction of sp³-hybridized carbons (Fsp3) is 0.625. The van der Waals surface area contributed by atoms with Crippen LogP contribution in [0.5, 0.6) is 11.5 Å². The fourth-order valence-electron chi connectivity index (χ4n) is 2.97. The van der Waals surface area contributed by atoms with E-state index >= 15 is 0 Å². The maximum absolute atomic E-state index is 12.5. The van der Waals surface area contributed by atoms with Crippen molar-refractivity contribution in [1.82, 2.24) is 4.90 Å². The molecule has 1 aliphatic heterocycles. The number of piperidine rings is 1. The van der Waals surface area contributed by atoms with Crippen molar-refractivity contribution in [3.05, 3.63) is 23.8 Å². The summed E-state index contributed by atoms with van der Waals surface area (Å²) >= 11 is 0. The van der Waals surface area contributed by atoms with Crippen molar-refractivity contribution in [3.63, 3.8) is 0 Å². The van der Waals surface area contributed by atoms with Gasteiger partial charge in [0, 0.05) is 32.8 Å². The van der Waals surface area contributed by atoms with Gasteiger partial charge in [-0.15, -0.1) is 0 Å². The van der Waals surface area contributed by atoms with Crippen molar-refractivity contribution in [2.75, 3.05) is 27.3 Å². The molecular formula is C16H24F2N2O3. The highest BCUT2D eigenvalue weighted by Crippen LogP contribution is 2.31. The Labute approximate surface area is 135 Å². The number of methoxy groups -OCH3 is 2. The van der Waals surface area contributed by atoms with Gasteiger partial charge in [-0.25, -0.2) is 0 Å². The lowest BCUT2D eigenvalue weighted by Crippen LogP contribution is -2.47. The van der Waals surface area contributed by atoms with E-state index < -0.39 is 6.61 Å². The van der Waals surface area contributed by atoms with Crippen LogP contribution >= 0.6 is 0 Å². The first-order valence-corrected chi connectivity index (χ1v) is 7.66. The second-order valence-corrected chi connectivity index (χ2v) is 5.61. The highest BCUT2D eigenvalue weighted by molar-refractivity contribution is 5.43. The molecule has 0 bridgehead atoms. The molecule has 1 saturated heterocycles. The SMILES string of the molecule is COc1ccc(CN2CCC(OC)CC2CN)cc1OC(F)F.